The van der Waals surface area contributed by atoms with Gasteiger partial charge in [0.1, 0.15) is 5.82 Å². The van der Waals surface area contributed by atoms with Gasteiger partial charge in [0.2, 0.25) is 0 Å². The van der Waals surface area contributed by atoms with Crippen molar-refractivity contribution in [3.63, 3.8) is 0 Å². The lowest BCUT2D eigenvalue weighted by molar-refractivity contribution is -0.138. The summed E-state index contributed by atoms with van der Waals surface area (Å²) in [6.45, 7) is 0.892. The molecule has 0 bridgehead atoms. The molecule has 110 valence electrons. The van der Waals surface area contributed by atoms with Crippen LogP contribution in [0.15, 0.2) is 29.8 Å². The summed E-state index contributed by atoms with van der Waals surface area (Å²) in [7, 11) is 0. The summed E-state index contributed by atoms with van der Waals surface area (Å²) < 4.78 is 0. The third-order valence-electron chi connectivity index (χ3n) is 3.47. The highest BCUT2D eigenvalue weighted by Crippen LogP contribution is 2.33. The summed E-state index contributed by atoms with van der Waals surface area (Å²) in [5.41, 5.74) is 0.942. The van der Waals surface area contributed by atoms with Gasteiger partial charge in [-0.25, -0.2) is 9.97 Å². The highest BCUT2D eigenvalue weighted by atomic mass is 32.1. The molecule has 21 heavy (non-hydrogen) atoms. The lowest BCUT2D eigenvalue weighted by atomic mass is 10.2. The summed E-state index contributed by atoms with van der Waals surface area (Å²) in [5.74, 6) is -0.0313. The van der Waals surface area contributed by atoms with Crippen LogP contribution in [0.2, 0.25) is 0 Å². The molecule has 0 saturated carbocycles. The average Bonchev–Trinajstić information content (AvgIpc) is 3.08. The third kappa shape index (κ3) is 3.37. The molecule has 7 heteroatoms. The number of thiazole rings is 1. The number of anilines is 2. The lowest BCUT2D eigenvalue weighted by Crippen LogP contribution is -2.29. The third-order valence-corrected chi connectivity index (χ3v) is 4.24. The Balaban J connectivity index is 1.71. The summed E-state index contributed by atoms with van der Waals surface area (Å²) >= 11 is 1.52. The van der Waals surface area contributed by atoms with Crippen molar-refractivity contribution < 1.29 is 9.90 Å². The van der Waals surface area contributed by atoms with Crippen molar-refractivity contribution in [2.24, 2.45) is 0 Å². The van der Waals surface area contributed by atoms with Crippen LogP contribution in [-0.2, 0) is 4.79 Å². The number of nitrogens with one attached hydrogen (secondary N) is 1. The number of carboxylic acids is 1. The zero-order valence-corrected chi connectivity index (χ0v) is 12.2. The highest BCUT2D eigenvalue weighted by molar-refractivity contribution is 7.13. The number of hydrogen-bond donors (Lipinski definition) is 2. The van der Waals surface area contributed by atoms with Crippen molar-refractivity contribution in [1.82, 2.24) is 14.9 Å². The summed E-state index contributed by atoms with van der Waals surface area (Å²) in [6.07, 6.45) is 3.70. The Morgan fingerprint density at radius 1 is 1.52 bits per heavy atom. The number of pyridine rings is 1. The Morgan fingerprint density at radius 3 is 3.19 bits per heavy atom. The number of aromatic nitrogens is 2. The predicted octanol–water partition coefficient (Wildman–Crippen LogP) is 2.50. The van der Waals surface area contributed by atoms with Gasteiger partial charge in [0.15, 0.2) is 5.13 Å². The van der Waals surface area contributed by atoms with Crippen LogP contribution >= 0.6 is 11.3 Å². The first-order valence-corrected chi connectivity index (χ1v) is 7.69. The largest absolute Gasteiger partial charge is 0.480 e. The molecule has 0 radical (unpaired) electrons. The van der Waals surface area contributed by atoms with Crippen LogP contribution in [0.5, 0.6) is 0 Å². The van der Waals surface area contributed by atoms with Crippen LogP contribution in [0.4, 0.5) is 10.9 Å². The summed E-state index contributed by atoms with van der Waals surface area (Å²) in [5, 5.41) is 14.9. The monoisotopic (exact) mass is 304 g/mol. The SMILES string of the molecule is O=C(O)CN1CCCC1c1csc(Nc2ccccn2)n1. The van der Waals surface area contributed by atoms with Gasteiger partial charge >= 0.3 is 5.97 Å². The highest BCUT2D eigenvalue weighted by Gasteiger charge is 2.29. The number of hydrogen-bond acceptors (Lipinski definition) is 6. The standard InChI is InChI=1S/C14H16N4O2S/c19-13(20)8-18-7-3-4-11(18)10-9-21-14(16-10)17-12-5-1-2-6-15-12/h1-2,5-6,9,11H,3-4,7-8H2,(H,19,20)(H,15,16,17). The van der Waals surface area contributed by atoms with E-state index < -0.39 is 5.97 Å². The number of aliphatic carboxylic acids is 1. The smallest absolute Gasteiger partial charge is 0.317 e. The fourth-order valence-corrected chi connectivity index (χ4v) is 3.33. The first-order chi connectivity index (χ1) is 10.2. The van der Waals surface area contributed by atoms with Gasteiger partial charge < -0.3 is 10.4 Å². The number of nitrogens with zero attached hydrogens (tertiary/aromatic N) is 3. The first kappa shape index (κ1) is 14.0. The molecule has 2 aromatic heterocycles. The van der Waals surface area contributed by atoms with E-state index in [0.29, 0.717) is 0 Å². The van der Waals surface area contributed by atoms with E-state index in [1.165, 1.54) is 11.3 Å². The van der Waals surface area contributed by atoms with E-state index in [0.717, 1.165) is 36.0 Å². The van der Waals surface area contributed by atoms with Crippen molar-refractivity contribution in [1.29, 1.82) is 0 Å². The summed E-state index contributed by atoms with van der Waals surface area (Å²) in [4.78, 5) is 21.7. The van der Waals surface area contributed by atoms with Crippen LogP contribution < -0.4 is 5.32 Å². The van der Waals surface area contributed by atoms with Crippen molar-refractivity contribution >= 4 is 28.3 Å². The Labute approximate surface area is 126 Å². The molecule has 1 unspecified atom stereocenters. The second kappa shape index (κ2) is 6.19. The quantitative estimate of drug-likeness (QED) is 0.883. The molecule has 2 N–H and O–H groups in total. The van der Waals surface area contributed by atoms with E-state index in [4.69, 9.17) is 5.11 Å². The van der Waals surface area contributed by atoms with Gasteiger partial charge in [-0.3, -0.25) is 9.69 Å². The number of likely N-dealkylation sites (tertiary alicyclic amines) is 1. The second-order valence-electron chi connectivity index (χ2n) is 4.94. The van der Waals surface area contributed by atoms with Crippen molar-refractivity contribution in [3.05, 3.63) is 35.5 Å². The molecular formula is C14H16N4O2S. The fourth-order valence-electron chi connectivity index (χ4n) is 2.57. The minimum Gasteiger partial charge on any atom is -0.480 e. The van der Waals surface area contributed by atoms with E-state index in [1.807, 2.05) is 28.5 Å². The Morgan fingerprint density at radius 2 is 2.43 bits per heavy atom. The molecule has 3 heterocycles. The fraction of sp³-hybridized carbons (Fsp3) is 0.357. The van der Waals surface area contributed by atoms with Gasteiger partial charge in [0.05, 0.1) is 18.3 Å². The summed E-state index contributed by atoms with van der Waals surface area (Å²) in [6, 6.07) is 5.76. The topological polar surface area (TPSA) is 78.4 Å². The number of carbonyl (C=O) groups is 1. The van der Waals surface area contributed by atoms with Crippen LogP contribution in [0, 0.1) is 0 Å². The maximum Gasteiger partial charge on any atom is 0.317 e. The van der Waals surface area contributed by atoms with Gasteiger partial charge in [-0.2, -0.15) is 0 Å². The van der Waals surface area contributed by atoms with Crippen LogP contribution in [0.1, 0.15) is 24.6 Å². The van der Waals surface area contributed by atoms with E-state index in [9.17, 15) is 4.79 Å². The number of rotatable bonds is 5. The van der Waals surface area contributed by atoms with Crippen LogP contribution in [0.25, 0.3) is 0 Å². The molecular weight excluding hydrogens is 288 g/mol. The van der Waals surface area contributed by atoms with Gasteiger partial charge in [-0.15, -0.1) is 11.3 Å². The first-order valence-electron chi connectivity index (χ1n) is 6.82. The van der Waals surface area contributed by atoms with Crippen molar-refractivity contribution in [2.75, 3.05) is 18.4 Å². The molecule has 1 atom stereocenters. The van der Waals surface area contributed by atoms with E-state index >= 15 is 0 Å². The van der Waals surface area contributed by atoms with Crippen molar-refractivity contribution in [3.8, 4) is 0 Å². The lowest BCUT2D eigenvalue weighted by Gasteiger charge is -2.20. The molecule has 1 fully saturated rings. The maximum atomic E-state index is 10.9. The molecule has 1 saturated heterocycles. The Hall–Kier alpha value is -1.99. The van der Waals surface area contributed by atoms with Crippen LogP contribution in [-0.4, -0.2) is 39.0 Å². The molecule has 0 aliphatic carbocycles. The normalized spacial score (nSPS) is 18.8. The van der Waals surface area contributed by atoms with Gasteiger partial charge in [-0.1, -0.05) is 6.07 Å². The Bertz CT molecular complexity index is 616. The van der Waals surface area contributed by atoms with E-state index in [2.05, 4.69) is 15.3 Å². The molecule has 0 amide bonds. The minimum absolute atomic E-state index is 0.0746. The predicted molar refractivity (Wildman–Crippen MR) is 80.8 cm³/mol. The Kier molecular flexibility index (Phi) is 4.12. The molecule has 0 aromatic carbocycles. The van der Waals surface area contributed by atoms with Crippen molar-refractivity contribution in [2.45, 2.75) is 18.9 Å². The maximum absolute atomic E-state index is 10.9. The molecule has 6 nitrogen and oxygen atoms in total. The second-order valence-corrected chi connectivity index (χ2v) is 5.80. The molecule has 3 rings (SSSR count). The van der Waals surface area contributed by atoms with E-state index in [-0.39, 0.29) is 12.6 Å². The van der Waals surface area contributed by atoms with E-state index in [1.54, 1.807) is 6.20 Å². The molecule has 2 aromatic rings. The van der Waals surface area contributed by atoms with Gasteiger partial charge in [-0.05, 0) is 31.5 Å². The molecule has 0 spiro atoms. The average molecular weight is 304 g/mol. The number of carboxylic acid groups (broad SMARTS) is 1. The molecule has 1 aliphatic rings. The zero-order valence-electron chi connectivity index (χ0n) is 11.4. The van der Waals surface area contributed by atoms with Gasteiger partial charge in [0.25, 0.3) is 0 Å². The van der Waals surface area contributed by atoms with Gasteiger partial charge in [0, 0.05) is 11.6 Å². The van der Waals surface area contributed by atoms with Crippen LogP contribution in [0.3, 0.4) is 0 Å². The minimum atomic E-state index is -0.788. The zero-order chi connectivity index (χ0) is 14.7. The molecule has 1 aliphatic heterocycles.